The number of rotatable bonds is 5. The van der Waals surface area contributed by atoms with E-state index in [2.05, 4.69) is 69.1 Å². The molecule has 0 radical (unpaired) electrons. The Morgan fingerprint density at radius 2 is 1.67 bits per heavy atom. The van der Waals surface area contributed by atoms with E-state index in [0.717, 1.165) is 29.2 Å². The second-order valence-electron chi connectivity index (χ2n) is 9.70. The van der Waals surface area contributed by atoms with Crippen LogP contribution in [0, 0.1) is 0 Å². The third-order valence-corrected chi connectivity index (χ3v) is 7.35. The lowest BCUT2D eigenvalue weighted by atomic mass is 9.80. The van der Waals surface area contributed by atoms with Crippen molar-refractivity contribution >= 4 is 34.4 Å². The van der Waals surface area contributed by atoms with Crippen molar-refractivity contribution in [2.45, 2.75) is 45.1 Å². The fourth-order valence-corrected chi connectivity index (χ4v) is 5.52. The lowest BCUT2D eigenvalue weighted by Crippen LogP contribution is -2.40. The first-order valence-electron chi connectivity index (χ1n) is 11.8. The summed E-state index contributed by atoms with van der Waals surface area (Å²) >= 11 is 0. The molecule has 4 nitrogen and oxygen atoms in total. The van der Waals surface area contributed by atoms with Gasteiger partial charge < -0.3 is 4.90 Å². The predicted octanol–water partition coefficient (Wildman–Crippen LogP) is 6.05. The summed E-state index contributed by atoms with van der Waals surface area (Å²) < 4.78 is 0. The second-order valence-corrected chi connectivity index (χ2v) is 9.70. The highest BCUT2D eigenvalue weighted by Gasteiger charge is 2.41. The van der Waals surface area contributed by atoms with Crippen LogP contribution in [0.15, 0.2) is 60.7 Å². The summed E-state index contributed by atoms with van der Waals surface area (Å²) in [6, 6.07) is 18.5. The number of hydrogen-bond acceptors (Lipinski definition) is 3. The number of fused-ring (bicyclic) bond motifs is 1. The Kier molecular flexibility index (Phi) is 5.12. The first-order valence-corrected chi connectivity index (χ1v) is 11.8. The third kappa shape index (κ3) is 3.19. The summed E-state index contributed by atoms with van der Waals surface area (Å²) in [5.74, 6) is -0.362. The van der Waals surface area contributed by atoms with E-state index in [-0.39, 0.29) is 23.3 Å². The third-order valence-electron chi connectivity index (χ3n) is 7.35. The molecule has 0 aromatic heterocycles. The van der Waals surface area contributed by atoms with Crippen molar-refractivity contribution in [3.05, 3.63) is 82.9 Å². The molecule has 1 unspecified atom stereocenters. The van der Waals surface area contributed by atoms with Gasteiger partial charge in [-0.15, -0.1) is 0 Å². The maximum absolute atomic E-state index is 13.1. The van der Waals surface area contributed by atoms with Crippen LogP contribution >= 0.6 is 0 Å². The van der Waals surface area contributed by atoms with Gasteiger partial charge in [-0.25, -0.2) is 0 Å². The van der Waals surface area contributed by atoms with Gasteiger partial charge in [-0.3, -0.25) is 14.5 Å². The van der Waals surface area contributed by atoms with Gasteiger partial charge in [0.25, 0.3) is 11.8 Å². The van der Waals surface area contributed by atoms with Crippen molar-refractivity contribution < 1.29 is 9.59 Å². The molecule has 0 saturated heterocycles. The molecule has 2 amide bonds. The van der Waals surface area contributed by atoms with Gasteiger partial charge >= 0.3 is 0 Å². The minimum atomic E-state index is -0.181. The Morgan fingerprint density at radius 3 is 2.39 bits per heavy atom. The summed E-state index contributed by atoms with van der Waals surface area (Å²) in [4.78, 5) is 30.0. The summed E-state index contributed by atoms with van der Waals surface area (Å²) in [5, 5.41) is 1.73. The highest BCUT2D eigenvalue weighted by Crippen LogP contribution is 2.45. The molecule has 0 fully saturated rings. The van der Waals surface area contributed by atoms with Crippen molar-refractivity contribution in [2.75, 3.05) is 18.5 Å². The SMILES string of the molecule is CCCCN1C(=O)c2cccc3c(/C=C/C4N(C)c5ccccc5C4(C)C)ccc(c23)C1=O. The predicted molar refractivity (Wildman–Crippen MR) is 135 cm³/mol. The zero-order valence-corrected chi connectivity index (χ0v) is 19.8. The number of likely N-dealkylation sites (N-methyl/N-ethyl adjacent to an activating group) is 1. The number of imide groups is 1. The zero-order chi connectivity index (χ0) is 23.3. The van der Waals surface area contributed by atoms with E-state index in [1.807, 2.05) is 30.3 Å². The molecule has 33 heavy (non-hydrogen) atoms. The average molecular weight is 439 g/mol. The van der Waals surface area contributed by atoms with Crippen LogP contribution in [0.5, 0.6) is 0 Å². The molecular weight excluding hydrogens is 408 g/mol. The molecule has 1 atom stereocenters. The molecule has 4 heteroatoms. The van der Waals surface area contributed by atoms with Crippen LogP contribution in [0.4, 0.5) is 5.69 Å². The number of amides is 2. The molecule has 0 bridgehead atoms. The zero-order valence-electron chi connectivity index (χ0n) is 19.8. The first-order chi connectivity index (χ1) is 15.9. The molecule has 0 spiro atoms. The normalized spacial score (nSPS) is 19.1. The molecular formula is C29H30N2O2. The summed E-state index contributed by atoms with van der Waals surface area (Å²) in [7, 11) is 2.14. The molecule has 0 aliphatic carbocycles. The van der Waals surface area contributed by atoms with E-state index in [4.69, 9.17) is 0 Å². The maximum atomic E-state index is 13.1. The molecule has 2 aliphatic rings. The van der Waals surface area contributed by atoms with Crippen molar-refractivity contribution in [1.29, 1.82) is 0 Å². The van der Waals surface area contributed by atoms with Gasteiger partial charge in [0.15, 0.2) is 0 Å². The fraction of sp³-hybridized carbons (Fsp3) is 0.310. The molecule has 3 aromatic rings. The molecule has 168 valence electrons. The van der Waals surface area contributed by atoms with E-state index in [1.165, 1.54) is 16.2 Å². The number of hydrogen-bond donors (Lipinski definition) is 0. The van der Waals surface area contributed by atoms with Crippen molar-refractivity contribution in [1.82, 2.24) is 4.90 Å². The van der Waals surface area contributed by atoms with Crippen LogP contribution in [0.3, 0.4) is 0 Å². The highest BCUT2D eigenvalue weighted by atomic mass is 16.2. The molecule has 2 aliphatic heterocycles. The summed E-state index contributed by atoms with van der Waals surface area (Å²) in [6.07, 6.45) is 6.16. The van der Waals surface area contributed by atoms with Gasteiger partial charge in [-0.1, -0.05) is 75.7 Å². The Balaban J connectivity index is 1.56. The number of para-hydroxylation sites is 1. The standard InChI is InChI=1S/C29H30N2O2/c1-5-6-18-31-27(32)21-11-9-10-20-19(14-16-22(26(20)21)28(31)33)15-17-25-29(2,3)23-12-7-8-13-24(23)30(25)4/h7-17,25H,5-6,18H2,1-4H3/b17-15+. The van der Waals surface area contributed by atoms with Gasteiger partial charge in [-0.2, -0.15) is 0 Å². The Labute approximate surface area is 195 Å². The first kappa shape index (κ1) is 21.4. The maximum Gasteiger partial charge on any atom is 0.261 e. The van der Waals surface area contributed by atoms with E-state index < -0.39 is 0 Å². The smallest absolute Gasteiger partial charge is 0.261 e. The lowest BCUT2D eigenvalue weighted by molar-refractivity contribution is 0.0608. The highest BCUT2D eigenvalue weighted by molar-refractivity contribution is 6.26. The van der Waals surface area contributed by atoms with Crippen molar-refractivity contribution in [2.24, 2.45) is 0 Å². The minimum Gasteiger partial charge on any atom is -0.367 e. The summed E-state index contributed by atoms with van der Waals surface area (Å²) in [5.41, 5.74) is 4.86. The van der Waals surface area contributed by atoms with Crippen LogP contribution < -0.4 is 4.90 Å². The van der Waals surface area contributed by atoms with Gasteiger partial charge in [0.2, 0.25) is 0 Å². The van der Waals surface area contributed by atoms with Crippen molar-refractivity contribution in [3.8, 4) is 0 Å². The van der Waals surface area contributed by atoms with E-state index in [1.54, 1.807) is 0 Å². The van der Waals surface area contributed by atoms with Gasteiger partial charge in [0, 0.05) is 41.2 Å². The summed E-state index contributed by atoms with van der Waals surface area (Å²) in [6.45, 7) is 7.09. The topological polar surface area (TPSA) is 40.6 Å². The Hall–Kier alpha value is -3.40. The number of carbonyl (C=O) groups is 2. The van der Waals surface area contributed by atoms with Gasteiger partial charge in [0.05, 0.1) is 6.04 Å². The van der Waals surface area contributed by atoms with Gasteiger partial charge in [-0.05, 0) is 41.1 Å². The number of anilines is 1. The van der Waals surface area contributed by atoms with E-state index in [0.29, 0.717) is 17.7 Å². The van der Waals surface area contributed by atoms with Crippen LogP contribution in [0.2, 0.25) is 0 Å². The fourth-order valence-electron chi connectivity index (χ4n) is 5.52. The van der Waals surface area contributed by atoms with Gasteiger partial charge in [0.1, 0.15) is 0 Å². The van der Waals surface area contributed by atoms with Crippen LogP contribution in [-0.4, -0.2) is 36.3 Å². The van der Waals surface area contributed by atoms with Crippen LogP contribution in [0.1, 0.15) is 65.5 Å². The number of unbranched alkanes of at least 4 members (excludes halogenated alkanes) is 1. The molecule has 0 N–H and O–H groups in total. The molecule has 2 heterocycles. The lowest BCUT2D eigenvalue weighted by Gasteiger charge is -2.30. The second kappa shape index (κ2) is 7.87. The number of carbonyl (C=O) groups excluding carboxylic acids is 2. The van der Waals surface area contributed by atoms with E-state index >= 15 is 0 Å². The number of benzene rings is 3. The number of nitrogens with zero attached hydrogens (tertiary/aromatic N) is 2. The Bertz CT molecular complexity index is 1280. The molecule has 3 aromatic carbocycles. The van der Waals surface area contributed by atoms with Crippen molar-refractivity contribution in [3.63, 3.8) is 0 Å². The van der Waals surface area contributed by atoms with Crippen LogP contribution in [-0.2, 0) is 5.41 Å². The monoisotopic (exact) mass is 438 g/mol. The molecule has 5 rings (SSSR count). The molecule has 0 saturated carbocycles. The quantitative estimate of drug-likeness (QED) is 0.456. The largest absolute Gasteiger partial charge is 0.367 e. The Morgan fingerprint density at radius 1 is 0.939 bits per heavy atom. The van der Waals surface area contributed by atoms with Crippen LogP contribution in [0.25, 0.3) is 16.8 Å². The van der Waals surface area contributed by atoms with E-state index in [9.17, 15) is 9.59 Å². The minimum absolute atomic E-state index is 0.0279. The average Bonchev–Trinajstić information content (AvgIpc) is 3.01.